The monoisotopic (exact) mass is 570 g/mol. The highest BCUT2D eigenvalue weighted by Gasteiger charge is 2.31. The molecule has 0 saturated carbocycles. The highest BCUT2D eigenvalue weighted by molar-refractivity contribution is 6.22. The van der Waals surface area contributed by atoms with Gasteiger partial charge in [-0.2, -0.15) is 5.10 Å². The average molecular weight is 571 g/mol. The molecule has 2 aromatic heterocycles. The molecular formula is C38H26N4O2. The van der Waals surface area contributed by atoms with Gasteiger partial charge < -0.3 is 5.11 Å². The van der Waals surface area contributed by atoms with E-state index in [1.807, 2.05) is 48.5 Å². The molecule has 9 rings (SSSR count). The van der Waals surface area contributed by atoms with Crippen LogP contribution in [0.2, 0.25) is 0 Å². The number of hydrogen-bond donors (Lipinski definition) is 1. The third-order valence-electron chi connectivity index (χ3n) is 9.04. The highest BCUT2D eigenvalue weighted by atomic mass is 16.3. The van der Waals surface area contributed by atoms with Gasteiger partial charge in [-0.15, -0.1) is 0 Å². The summed E-state index contributed by atoms with van der Waals surface area (Å²) in [4.78, 5) is 18.8. The van der Waals surface area contributed by atoms with Crippen LogP contribution < -0.4 is 10.6 Å². The number of rotatable bonds is 4. The van der Waals surface area contributed by atoms with Crippen molar-refractivity contribution in [3.8, 4) is 0 Å². The van der Waals surface area contributed by atoms with E-state index in [1.54, 1.807) is 4.40 Å². The van der Waals surface area contributed by atoms with E-state index < -0.39 is 0 Å². The number of pyridine rings is 1. The van der Waals surface area contributed by atoms with Crippen molar-refractivity contribution in [3.63, 3.8) is 0 Å². The van der Waals surface area contributed by atoms with Gasteiger partial charge in [-0.25, -0.2) is 4.98 Å². The summed E-state index contributed by atoms with van der Waals surface area (Å²) in [6.07, 6.45) is 0.691. The van der Waals surface area contributed by atoms with Crippen LogP contribution in [0.3, 0.4) is 0 Å². The fourth-order valence-corrected chi connectivity index (χ4v) is 6.89. The van der Waals surface area contributed by atoms with Crippen LogP contribution in [0.15, 0.2) is 131 Å². The van der Waals surface area contributed by atoms with E-state index in [1.165, 1.54) is 5.39 Å². The van der Waals surface area contributed by atoms with Crippen LogP contribution >= 0.6 is 0 Å². The first-order chi connectivity index (χ1) is 21.7. The summed E-state index contributed by atoms with van der Waals surface area (Å²) in [6, 6.07) is 40.9. The fourth-order valence-electron chi connectivity index (χ4n) is 6.89. The van der Waals surface area contributed by atoms with E-state index in [4.69, 9.17) is 10.1 Å². The molecule has 3 heterocycles. The molecule has 1 atom stereocenters. The zero-order valence-corrected chi connectivity index (χ0v) is 23.7. The summed E-state index contributed by atoms with van der Waals surface area (Å²) in [5.74, 6) is 0. The molecular weight excluding hydrogens is 544 g/mol. The van der Waals surface area contributed by atoms with E-state index in [0.29, 0.717) is 17.5 Å². The normalized spacial score (nSPS) is 15.3. The minimum atomic E-state index is -0.0584. The molecule has 0 radical (unpaired) electrons. The topological polar surface area (TPSA) is 70.2 Å². The molecule has 1 N–H and O–H groups in total. The summed E-state index contributed by atoms with van der Waals surface area (Å²) in [5, 5.41) is 22.9. The number of imidazole rings is 1. The third kappa shape index (κ3) is 3.61. The zero-order chi connectivity index (χ0) is 29.4. The highest BCUT2D eigenvalue weighted by Crippen LogP contribution is 2.40. The minimum absolute atomic E-state index is 0.00821. The van der Waals surface area contributed by atoms with Gasteiger partial charge in [0.1, 0.15) is 5.65 Å². The maximum absolute atomic E-state index is 13.9. The van der Waals surface area contributed by atoms with Crippen LogP contribution in [0.5, 0.6) is 0 Å². The largest absolute Gasteiger partial charge is 0.392 e. The Morgan fingerprint density at radius 2 is 1.55 bits per heavy atom. The number of anilines is 1. The predicted molar refractivity (Wildman–Crippen MR) is 178 cm³/mol. The van der Waals surface area contributed by atoms with Gasteiger partial charge in [0.05, 0.1) is 35.1 Å². The molecule has 0 aliphatic carbocycles. The first-order valence-electron chi connectivity index (χ1n) is 14.8. The smallest absolute Gasteiger partial charge is 0.264 e. The van der Waals surface area contributed by atoms with Crippen molar-refractivity contribution >= 4 is 60.4 Å². The van der Waals surface area contributed by atoms with Gasteiger partial charge in [-0.1, -0.05) is 91.0 Å². The molecule has 0 bridgehead atoms. The summed E-state index contributed by atoms with van der Waals surface area (Å²) in [7, 11) is 0. The summed E-state index contributed by atoms with van der Waals surface area (Å²) in [5.41, 5.74) is 7.25. The van der Waals surface area contributed by atoms with E-state index in [2.05, 4.69) is 77.8 Å². The molecule has 6 aromatic carbocycles. The van der Waals surface area contributed by atoms with Crippen molar-refractivity contribution in [2.24, 2.45) is 5.10 Å². The van der Waals surface area contributed by atoms with E-state index in [9.17, 15) is 9.90 Å². The number of benzene rings is 6. The Balaban J connectivity index is 1.25. The Hall–Kier alpha value is -5.59. The van der Waals surface area contributed by atoms with Crippen molar-refractivity contribution < 1.29 is 5.11 Å². The number of fused-ring (bicyclic) bond motifs is 5. The van der Waals surface area contributed by atoms with Crippen LogP contribution in [0, 0.1) is 0 Å². The van der Waals surface area contributed by atoms with Gasteiger partial charge >= 0.3 is 0 Å². The Kier molecular flexibility index (Phi) is 5.37. The summed E-state index contributed by atoms with van der Waals surface area (Å²) in [6.45, 7) is 0.00821. The van der Waals surface area contributed by atoms with Crippen LogP contribution in [-0.4, -0.2) is 20.2 Å². The Morgan fingerprint density at radius 3 is 2.41 bits per heavy atom. The van der Waals surface area contributed by atoms with E-state index >= 15 is 0 Å². The lowest BCUT2D eigenvalue weighted by Crippen LogP contribution is -2.18. The second-order valence-electron chi connectivity index (χ2n) is 11.5. The number of hydrogen-bond acceptors (Lipinski definition) is 5. The lowest BCUT2D eigenvalue weighted by molar-refractivity contribution is 0.282. The molecule has 0 amide bonds. The first-order valence-corrected chi connectivity index (χ1v) is 14.8. The third-order valence-corrected chi connectivity index (χ3v) is 9.04. The van der Waals surface area contributed by atoms with Gasteiger partial charge in [-0.3, -0.25) is 14.2 Å². The standard InChI is InChI=1S/C38H26N4O2/c43-22-23-12-14-25(15-13-23)35-21-33(40-42(35)27-17-16-24-6-1-2-7-26(24)20-27)28-18-19-31-36-29(28)8-5-9-30(36)37-39-32-10-3-4-11-34(32)41(37)38(31)44/h1-20,35,43H,21-22H2. The second kappa shape index (κ2) is 9.46. The molecule has 1 aliphatic rings. The van der Waals surface area contributed by atoms with Crippen LogP contribution in [0.1, 0.15) is 29.2 Å². The van der Waals surface area contributed by atoms with Crippen molar-refractivity contribution in [2.75, 3.05) is 5.01 Å². The molecule has 0 fully saturated rings. The van der Waals surface area contributed by atoms with Crippen molar-refractivity contribution in [2.45, 2.75) is 19.1 Å². The number of nitrogens with zero attached hydrogens (tertiary/aromatic N) is 4. The fraction of sp³-hybridized carbons (Fsp3) is 0.0789. The van der Waals surface area contributed by atoms with Gasteiger partial charge in [-0.05, 0) is 57.6 Å². The Labute approximate surface area is 252 Å². The minimum Gasteiger partial charge on any atom is -0.392 e. The maximum Gasteiger partial charge on any atom is 0.264 e. The van der Waals surface area contributed by atoms with Gasteiger partial charge in [0, 0.05) is 28.1 Å². The van der Waals surface area contributed by atoms with Gasteiger partial charge in [0.2, 0.25) is 0 Å². The van der Waals surface area contributed by atoms with E-state index in [-0.39, 0.29) is 18.2 Å². The number of aliphatic hydroxyl groups excluding tert-OH is 1. The lowest BCUT2D eigenvalue weighted by Gasteiger charge is -2.24. The van der Waals surface area contributed by atoms with Crippen LogP contribution in [0.25, 0.3) is 49.0 Å². The molecule has 1 aliphatic heterocycles. The van der Waals surface area contributed by atoms with Crippen LogP contribution in [0.4, 0.5) is 5.69 Å². The molecule has 6 heteroatoms. The lowest BCUT2D eigenvalue weighted by atomic mass is 9.92. The SMILES string of the molecule is O=c1c2ccc(C3=NN(c4ccc5ccccc5c4)C(c4ccc(CO)cc4)C3)c3cccc(c32)c2nc3ccccc3n12. The van der Waals surface area contributed by atoms with Crippen molar-refractivity contribution in [1.29, 1.82) is 0 Å². The quantitative estimate of drug-likeness (QED) is 0.237. The first kappa shape index (κ1) is 25.0. The molecule has 6 nitrogen and oxygen atoms in total. The Morgan fingerprint density at radius 1 is 0.750 bits per heavy atom. The molecule has 0 spiro atoms. The molecule has 1 unspecified atom stereocenters. The van der Waals surface area contributed by atoms with Crippen LogP contribution in [-0.2, 0) is 6.61 Å². The predicted octanol–water partition coefficient (Wildman–Crippen LogP) is 7.59. The van der Waals surface area contributed by atoms with Gasteiger partial charge in [0.15, 0.2) is 0 Å². The maximum atomic E-state index is 13.9. The number of para-hydroxylation sites is 2. The number of aliphatic hydroxyl groups is 1. The molecule has 8 aromatic rings. The molecule has 44 heavy (non-hydrogen) atoms. The average Bonchev–Trinajstić information content (AvgIpc) is 3.70. The summed E-state index contributed by atoms with van der Waals surface area (Å²) >= 11 is 0. The molecule has 210 valence electrons. The van der Waals surface area contributed by atoms with Crippen molar-refractivity contribution in [1.82, 2.24) is 9.38 Å². The Bertz CT molecular complexity index is 2500. The van der Waals surface area contributed by atoms with E-state index in [0.717, 1.165) is 60.7 Å². The molecule has 0 saturated heterocycles. The van der Waals surface area contributed by atoms with Gasteiger partial charge in [0.25, 0.3) is 5.56 Å². The zero-order valence-electron chi connectivity index (χ0n) is 23.7. The summed E-state index contributed by atoms with van der Waals surface area (Å²) < 4.78 is 1.74. The second-order valence-corrected chi connectivity index (χ2v) is 11.5. The number of hydrazone groups is 1. The number of aromatic nitrogens is 2. The van der Waals surface area contributed by atoms with Crippen molar-refractivity contribution in [3.05, 3.63) is 148 Å².